The Morgan fingerprint density at radius 2 is 1.88 bits per heavy atom. The molecule has 0 radical (unpaired) electrons. The van der Waals surface area contributed by atoms with Crippen LogP contribution in [-0.4, -0.2) is 34.0 Å². The number of carbonyl (C=O) groups is 1. The van der Waals surface area contributed by atoms with Crippen LogP contribution >= 0.6 is 12.2 Å². The molecule has 33 heavy (non-hydrogen) atoms. The van der Waals surface area contributed by atoms with Crippen molar-refractivity contribution in [2.45, 2.75) is 31.7 Å². The van der Waals surface area contributed by atoms with E-state index in [1.54, 1.807) is 37.3 Å². The number of benzene rings is 1. The van der Waals surface area contributed by atoms with Gasteiger partial charge in [-0.15, -0.1) is 0 Å². The maximum absolute atomic E-state index is 13.7. The van der Waals surface area contributed by atoms with Crippen LogP contribution in [0.15, 0.2) is 55.0 Å². The topological polar surface area (TPSA) is 73.1 Å². The zero-order chi connectivity index (χ0) is 23.6. The summed E-state index contributed by atoms with van der Waals surface area (Å²) in [5.74, 6) is -0.481. The molecule has 1 aromatic carbocycles. The second-order valence-corrected chi connectivity index (χ2v) is 8.35. The number of amides is 1. The van der Waals surface area contributed by atoms with E-state index < -0.39 is 11.4 Å². The fraction of sp³-hybridized carbons (Fsp3) is 0.240. The monoisotopic (exact) mass is 459 g/mol. The lowest BCUT2D eigenvalue weighted by Crippen LogP contribution is -2.63. The van der Waals surface area contributed by atoms with Crippen molar-refractivity contribution < 1.29 is 9.18 Å². The Kier molecular flexibility index (Phi) is 6.16. The highest BCUT2D eigenvalue weighted by molar-refractivity contribution is 7.79. The number of nitriles is 1. The first-order chi connectivity index (χ1) is 15.9. The first kappa shape index (κ1) is 22.5. The predicted octanol–water partition coefficient (Wildman–Crippen LogP) is 4.81. The molecular weight excluding hydrogens is 437 g/mol. The van der Waals surface area contributed by atoms with Gasteiger partial charge in [0.25, 0.3) is 5.91 Å². The molecule has 1 aliphatic carbocycles. The Morgan fingerprint density at radius 3 is 2.42 bits per heavy atom. The van der Waals surface area contributed by atoms with Crippen LogP contribution in [-0.2, 0) is 4.79 Å². The summed E-state index contributed by atoms with van der Waals surface area (Å²) in [6.45, 7) is 1.80. The molecule has 4 rings (SSSR count). The van der Waals surface area contributed by atoms with Gasteiger partial charge in [0.2, 0.25) is 0 Å². The number of rotatable bonds is 6. The molecule has 0 N–H and O–H groups in total. The van der Waals surface area contributed by atoms with Gasteiger partial charge in [0, 0.05) is 24.5 Å². The Morgan fingerprint density at radius 1 is 1.15 bits per heavy atom. The average molecular weight is 460 g/mol. The molecule has 0 unspecified atom stereocenters. The molecule has 0 aliphatic heterocycles. The van der Waals surface area contributed by atoms with Gasteiger partial charge in [0.05, 0.1) is 23.6 Å². The van der Waals surface area contributed by atoms with Gasteiger partial charge in [-0.25, -0.2) is 9.37 Å². The van der Waals surface area contributed by atoms with Crippen LogP contribution in [0.5, 0.6) is 0 Å². The van der Waals surface area contributed by atoms with Gasteiger partial charge in [-0.3, -0.25) is 9.78 Å². The molecule has 2 aromatic heterocycles. The molecule has 3 aromatic rings. The highest BCUT2D eigenvalue weighted by atomic mass is 32.1. The molecule has 6 nitrogen and oxygen atoms in total. The second kappa shape index (κ2) is 9.04. The number of thiocarbonyl (C=S) groups is 1. The number of hydrogen-bond acceptors (Lipinski definition) is 5. The van der Waals surface area contributed by atoms with Gasteiger partial charge in [-0.05, 0) is 61.6 Å². The lowest BCUT2D eigenvalue weighted by atomic mass is 9.74. The quantitative estimate of drug-likeness (QED) is 0.493. The maximum Gasteiger partial charge on any atom is 0.253 e. The lowest BCUT2D eigenvalue weighted by Gasteiger charge is -2.49. The summed E-state index contributed by atoms with van der Waals surface area (Å²) in [5, 5.41) is 9.13. The second-order valence-electron chi connectivity index (χ2n) is 8.13. The Labute approximate surface area is 197 Å². The number of anilines is 2. The van der Waals surface area contributed by atoms with Crippen molar-refractivity contribution in [1.29, 1.82) is 5.26 Å². The van der Waals surface area contributed by atoms with E-state index in [2.05, 4.69) is 9.97 Å². The molecule has 0 atom stereocenters. The lowest BCUT2D eigenvalue weighted by molar-refractivity contribution is -0.125. The van der Waals surface area contributed by atoms with Gasteiger partial charge in [-0.1, -0.05) is 24.4 Å². The SMILES string of the molecule is Cc1cc(N(C)C(=O)C2(N(C=S)c3ccc(-c4cncc(F)c4)cc3)CCC2)cnc1C#N. The number of likely N-dealkylation sites (N-methyl/N-ethyl adjacent to an activating group) is 1. The van der Waals surface area contributed by atoms with Crippen LogP contribution in [0.1, 0.15) is 30.5 Å². The summed E-state index contributed by atoms with van der Waals surface area (Å²) in [4.78, 5) is 25.2. The van der Waals surface area contributed by atoms with Gasteiger partial charge >= 0.3 is 0 Å². The third kappa shape index (κ3) is 4.08. The van der Waals surface area contributed by atoms with Crippen LogP contribution in [0.4, 0.5) is 15.8 Å². The average Bonchev–Trinajstić information content (AvgIpc) is 2.80. The van der Waals surface area contributed by atoms with E-state index in [-0.39, 0.29) is 5.91 Å². The van der Waals surface area contributed by atoms with E-state index in [0.717, 1.165) is 17.7 Å². The molecule has 166 valence electrons. The van der Waals surface area contributed by atoms with Crippen molar-refractivity contribution in [2.75, 3.05) is 16.8 Å². The first-order valence-corrected chi connectivity index (χ1v) is 11.0. The molecule has 0 spiro atoms. The predicted molar refractivity (Wildman–Crippen MR) is 129 cm³/mol. The molecule has 2 heterocycles. The number of aromatic nitrogens is 2. The Balaban J connectivity index is 1.63. The summed E-state index contributed by atoms with van der Waals surface area (Å²) in [7, 11) is 1.71. The van der Waals surface area contributed by atoms with Crippen LogP contribution in [0.2, 0.25) is 0 Å². The largest absolute Gasteiger partial charge is 0.323 e. The van der Waals surface area contributed by atoms with Crippen LogP contribution in [0.25, 0.3) is 11.1 Å². The molecule has 0 saturated heterocycles. The van der Waals surface area contributed by atoms with E-state index in [1.165, 1.54) is 17.8 Å². The number of hydrogen-bond donors (Lipinski definition) is 0. The van der Waals surface area contributed by atoms with Crippen LogP contribution in [0, 0.1) is 24.1 Å². The number of carbonyl (C=O) groups excluding carboxylic acids is 1. The molecule has 0 bridgehead atoms. The van der Waals surface area contributed by atoms with Crippen molar-refractivity contribution in [3.05, 3.63) is 72.1 Å². The zero-order valence-electron chi connectivity index (χ0n) is 18.3. The van der Waals surface area contributed by atoms with Gasteiger partial charge in [-0.2, -0.15) is 5.26 Å². The summed E-state index contributed by atoms with van der Waals surface area (Å²) < 4.78 is 13.5. The Hall–Kier alpha value is -3.70. The first-order valence-electron chi connectivity index (χ1n) is 10.5. The van der Waals surface area contributed by atoms with Crippen molar-refractivity contribution in [3.63, 3.8) is 0 Å². The van der Waals surface area contributed by atoms with Crippen molar-refractivity contribution >= 4 is 35.0 Å². The normalized spacial score (nSPS) is 14.0. The van der Waals surface area contributed by atoms with Crippen molar-refractivity contribution in [2.24, 2.45) is 0 Å². The van der Waals surface area contributed by atoms with E-state index in [9.17, 15) is 9.18 Å². The number of nitrogens with zero attached hydrogens (tertiary/aromatic N) is 5. The van der Waals surface area contributed by atoms with Crippen molar-refractivity contribution in [1.82, 2.24) is 9.97 Å². The summed E-state index contributed by atoms with van der Waals surface area (Å²) in [6, 6.07) is 12.8. The number of aryl methyl sites for hydroxylation is 1. The minimum atomic E-state index is -0.791. The molecule has 8 heteroatoms. The van der Waals surface area contributed by atoms with Gasteiger partial charge in [0.1, 0.15) is 23.1 Å². The highest BCUT2D eigenvalue weighted by Gasteiger charge is 2.50. The summed E-state index contributed by atoms with van der Waals surface area (Å²) >= 11 is 5.35. The summed E-state index contributed by atoms with van der Waals surface area (Å²) in [6.07, 6.45) is 6.56. The Bertz CT molecular complexity index is 1250. The van der Waals surface area contributed by atoms with E-state index in [0.29, 0.717) is 35.3 Å². The molecule has 1 amide bonds. The third-order valence-corrected chi connectivity index (χ3v) is 6.40. The standard InChI is InChI=1S/C25H22FN5OS/c1-17-10-22(15-29-23(17)12-27)30(2)24(32)25(8-3-9-25)31(16-33)21-6-4-18(5-7-21)19-11-20(26)14-28-13-19/h4-7,10-11,13-16H,3,8-9H2,1-2H3. The number of halogens is 1. The van der Waals surface area contributed by atoms with E-state index in [1.807, 2.05) is 35.2 Å². The van der Waals surface area contributed by atoms with Gasteiger partial charge in [0.15, 0.2) is 0 Å². The van der Waals surface area contributed by atoms with E-state index >= 15 is 0 Å². The fourth-order valence-corrected chi connectivity index (χ4v) is 4.48. The molecule has 1 fully saturated rings. The third-order valence-electron chi connectivity index (χ3n) is 6.19. The number of pyridine rings is 2. The molecule has 1 saturated carbocycles. The maximum atomic E-state index is 13.7. The van der Waals surface area contributed by atoms with Crippen molar-refractivity contribution in [3.8, 4) is 17.2 Å². The minimum absolute atomic E-state index is 0.0841. The van der Waals surface area contributed by atoms with Crippen LogP contribution in [0.3, 0.4) is 0 Å². The molecule has 1 aliphatic rings. The smallest absolute Gasteiger partial charge is 0.253 e. The van der Waals surface area contributed by atoms with Crippen LogP contribution < -0.4 is 9.80 Å². The minimum Gasteiger partial charge on any atom is -0.323 e. The summed E-state index contributed by atoms with van der Waals surface area (Å²) in [5.41, 5.74) is 4.69. The fourth-order valence-electron chi connectivity index (χ4n) is 4.15. The van der Waals surface area contributed by atoms with Gasteiger partial charge < -0.3 is 9.80 Å². The zero-order valence-corrected chi connectivity index (χ0v) is 19.1. The van der Waals surface area contributed by atoms with E-state index in [4.69, 9.17) is 17.5 Å². The highest BCUT2D eigenvalue weighted by Crippen LogP contribution is 2.42. The molecular formula is C25H22FN5OS.